The highest BCUT2D eigenvalue weighted by Crippen LogP contribution is 2.69. The maximum absolute atomic E-state index is 2.53. The van der Waals surface area contributed by atoms with Crippen LogP contribution in [0.15, 0.2) is 340 Å². The van der Waals surface area contributed by atoms with E-state index in [0.717, 1.165) is 34.1 Å². The first kappa shape index (κ1) is 53.8. The number of fused-ring (bicyclic) bond motifs is 26. The molecule has 0 atom stereocenters. The molecule has 2 heterocycles. The lowest BCUT2D eigenvalue weighted by molar-refractivity contribution is 0.811. The van der Waals surface area contributed by atoms with Crippen molar-refractivity contribution in [1.82, 2.24) is 0 Å². The number of thiophene rings is 2. The van der Waals surface area contributed by atoms with Crippen molar-refractivity contribution in [3.8, 4) is 66.8 Å². The Bertz CT molecular complexity index is 6020. The van der Waals surface area contributed by atoms with Crippen LogP contribution in [-0.4, -0.2) is 0 Å². The van der Waals surface area contributed by atoms with Crippen molar-refractivity contribution in [1.29, 1.82) is 0 Å². The summed E-state index contributed by atoms with van der Waals surface area (Å²) in [6.07, 6.45) is 0. The zero-order valence-electron chi connectivity index (χ0n) is 52.0. The maximum Gasteiger partial charge on any atom is 0.0820 e. The Morgan fingerprint density at radius 2 is 0.667 bits per heavy atom. The SMILES string of the molecule is c1ccc(-c2ccc(N(c3ccc4c(c3)-c3c(sc5ccccc35)C43c4ccccc4-c4ccccc43)c3ccc(-c4ccc5c6c(sc5c4)C4(c5ccccc5-c5ccccc54)c4cc(N(c5ccccc5)c5cccc7ccccc57)ccc4-6)c4ccccc34)cc2)cc1. The van der Waals surface area contributed by atoms with Crippen LogP contribution in [0.2, 0.25) is 0 Å². The van der Waals surface area contributed by atoms with E-state index in [2.05, 4.69) is 350 Å². The third kappa shape index (κ3) is 7.29. The van der Waals surface area contributed by atoms with Gasteiger partial charge in [0.05, 0.1) is 22.2 Å². The molecule has 446 valence electrons. The molecule has 0 saturated carbocycles. The molecule has 17 aromatic rings. The van der Waals surface area contributed by atoms with Gasteiger partial charge in [0.25, 0.3) is 0 Å². The van der Waals surface area contributed by atoms with E-state index in [-0.39, 0.29) is 0 Å². The molecule has 0 bridgehead atoms. The monoisotopic (exact) mass is 1250 g/mol. The van der Waals surface area contributed by atoms with Crippen LogP contribution < -0.4 is 9.80 Å². The van der Waals surface area contributed by atoms with Gasteiger partial charge in [-0.2, -0.15) is 0 Å². The van der Waals surface area contributed by atoms with Gasteiger partial charge in [-0.05, 0) is 173 Å². The van der Waals surface area contributed by atoms with E-state index in [4.69, 9.17) is 0 Å². The number of nitrogens with zero attached hydrogens (tertiary/aromatic N) is 2. The first-order valence-electron chi connectivity index (χ1n) is 33.2. The van der Waals surface area contributed by atoms with Crippen LogP contribution in [0, 0.1) is 0 Å². The quantitative estimate of drug-likeness (QED) is 0.150. The van der Waals surface area contributed by atoms with Crippen molar-refractivity contribution in [2.24, 2.45) is 0 Å². The zero-order valence-corrected chi connectivity index (χ0v) is 53.7. The van der Waals surface area contributed by atoms with Crippen LogP contribution in [0.25, 0.3) is 108 Å². The van der Waals surface area contributed by atoms with Gasteiger partial charge in [0.1, 0.15) is 0 Å². The van der Waals surface area contributed by atoms with Crippen molar-refractivity contribution in [3.63, 3.8) is 0 Å². The van der Waals surface area contributed by atoms with E-state index in [1.165, 1.54) is 152 Å². The Morgan fingerprint density at radius 1 is 0.219 bits per heavy atom. The van der Waals surface area contributed by atoms with Crippen molar-refractivity contribution in [3.05, 3.63) is 383 Å². The lowest BCUT2D eigenvalue weighted by atomic mass is 9.73. The summed E-state index contributed by atoms with van der Waals surface area (Å²) < 4.78 is 2.60. The van der Waals surface area contributed by atoms with Gasteiger partial charge >= 0.3 is 0 Å². The fraction of sp³-hybridized carbons (Fsp3) is 0.0217. The van der Waals surface area contributed by atoms with E-state index >= 15 is 0 Å². The molecular weight excluding hydrogens is 1200 g/mol. The molecule has 0 saturated heterocycles. The van der Waals surface area contributed by atoms with Gasteiger partial charge in [-0.1, -0.05) is 267 Å². The molecule has 4 heteroatoms. The molecule has 21 rings (SSSR count). The minimum atomic E-state index is -0.543. The van der Waals surface area contributed by atoms with Crippen molar-refractivity contribution in [2.45, 2.75) is 10.8 Å². The number of rotatable bonds is 8. The summed E-state index contributed by atoms with van der Waals surface area (Å²) in [5.74, 6) is 0. The topological polar surface area (TPSA) is 6.48 Å². The largest absolute Gasteiger partial charge is 0.310 e. The second-order valence-corrected chi connectivity index (χ2v) is 28.2. The normalized spacial score (nSPS) is 13.6. The molecule has 0 fully saturated rings. The summed E-state index contributed by atoms with van der Waals surface area (Å²) in [5.41, 5.74) is 29.1. The van der Waals surface area contributed by atoms with Gasteiger partial charge in [-0.3, -0.25) is 0 Å². The predicted octanol–water partition coefficient (Wildman–Crippen LogP) is 25.4. The fourth-order valence-corrected chi connectivity index (χ4v) is 20.5. The maximum atomic E-state index is 2.53. The summed E-state index contributed by atoms with van der Waals surface area (Å²) in [5, 5.41) is 7.42. The Hall–Kier alpha value is -11.7. The molecule has 0 aliphatic heterocycles. The van der Waals surface area contributed by atoms with E-state index in [0.29, 0.717) is 0 Å². The molecule has 2 spiro atoms. The van der Waals surface area contributed by atoms with Crippen molar-refractivity contribution >= 4 is 98.5 Å². The molecule has 96 heavy (non-hydrogen) atoms. The lowest BCUT2D eigenvalue weighted by Crippen LogP contribution is -2.25. The number of benzene rings is 15. The summed E-state index contributed by atoms with van der Waals surface area (Å²) >= 11 is 3.94. The van der Waals surface area contributed by atoms with Crippen molar-refractivity contribution in [2.75, 3.05) is 9.80 Å². The van der Waals surface area contributed by atoms with E-state index in [1.807, 2.05) is 22.7 Å². The van der Waals surface area contributed by atoms with Gasteiger partial charge in [0, 0.05) is 74.6 Å². The van der Waals surface area contributed by atoms with Gasteiger partial charge < -0.3 is 9.80 Å². The molecule has 0 amide bonds. The summed E-state index contributed by atoms with van der Waals surface area (Å²) in [7, 11) is 0. The van der Waals surface area contributed by atoms with Gasteiger partial charge in [0.2, 0.25) is 0 Å². The summed E-state index contributed by atoms with van der Waals surface area (Å²) in [6.45, 7) is 0. The van der Waals surface area contributed by atoms with Gasteiger partial charge in [0.15, 0.2) is 0 Å². The molecule has 15 aromatic carbocycles. The highest BCUT2D eigenvalue weighted by molar-refractivity contribution is 7.20. The fourth-order valence-electron chi connectivity index (χ4n) is 17.6. The molecule has 0 unspecified atom stereocenters. The van der Waals surface area contributed by atoms with E-state index in [9.17, 15) is 0 Å². The van der Waals surface area contributed by atoms with Gasteiger partial charge in [-0.15, -0.1) is 22.7 Å². The van der Waals surface area contributed by atoms with Crippen LogP contribution in [0.5, 0.6) is 0 Å². The number of hydrogen-bond acceptors (Lipinski definition) is 4. The molecule has 2 aromatic heterocycles. The van der Waals surface area contributed by atoms with E-state index < -0.39 is 10.8 Å². The summed E-state index contributed by atoms with van der Waals surface area (Å²) in [6, 6.07) is 128. The number of anilines is 6. The van der Waals surface area contributed by atoms with Crippen LogP contribution in [0.1, 0.15) is 43.1 Å². The third-order valence-corrected chi connectivity index (χ3v) is 24.0. The van der Waals surface area contributed by atoms with Crippen LogP contribution in [0.3, 0.4) is 0 Å². The Morgan fingerprint density at radius 3 is 1.35 bits per heavy atom. The average Bonchev–Trinajstić information content (AvgIpc) is 1.51. The van der Waals surface area contributed by atoms with E-state index in [1.54, 1.807) is 0 Å². The van der Waals surface area contributed by atoms with Crippen LogP contribution >= 0.6 is 22.7 Å². The highest BCUT2D eigenvalue weighted by atomic mass is 32.1. The van der Waals surface area contributed by atoms with Crippen molar-refractivity contribution < 1.29 is 0 Å². The van der Waals surface area contributed by atoms with Gasteiger partial charge in [-0.25, -0.2) is 0 Å². The lowest BCUT2D eigenvalue weighted by Gasteiger charge is -2.32. The third-order valence-electron chi connectivity index (χ3n) is 21.4. The predicted molar refractivity (Wildman–Crippen MR) is 405 cm³/mol. The molecule has 4 aliphatic carbocycles. The minimum Gasteiger partial charge on any atom is -0.310 e. The molecule has 4 aliphatic rings. The molecule has 2 nitrogen and oxygen atoms in total. The molecular formula is C92H56N2S2. The Balaban J connectivity index is 0.744. The average molecular weight is 1250 g/mol. The summed E-state index contributed by atoms with van der Waals surface area (Å²) in [4.78, 5) is 7.77. The molecule has 0 radical (unpaired) electrons. The minimum absolute atomic E-state index is 0.441. The second kappa shape index (κ2) is 20.4. The van der Waals surface area contributed by atoms with Crippen LogP contribution in [0.4, 0.5) is 34.1 Å². The Kier molecular flexibility index (Phi) is 11.4. The first-order valence-corrected chi connectivity index (χ1v) is 34.8. The van der Waals surface area contributed by atoms with Crippen LogP contribution in [-0.2, 0) is 10.8 Å². The second-order valence-electron chi connectivity index (χ2n) is 26.1. The standard InChI is InChI=1S/C92H56N2S2/c1-3-22-57(23-4-1)58-42-45-62(46-43-58)94(63-48-52-81-76(55-63)88-74-35-15-20-41-85(74)95-90(88)91(81)77-36-16-11-30-68(77)69-31-12-17-37-78(69)91)84-53-51-65(67-29-9-10-34-72(67)84)60-44-49-75-86(54-60)96-89-87(75)73-50-47-64(56-82(73)92(89)79-38-18-13-32-70(79)71-33-14-19-39-80(71)92)93(61-26-5-2-6-27-61)83-40-21-25-59-24-7-8-28-66(59)83/h1-56H. The zero-order chi connectivity index (χ0) is 62.8. The first-order chi connectivity index (χ1) is 47.6. The smallest absolute Gasteiger partial charge is 0.0820 e. The Labute approximate surface area is 564 Å². The number of hydrogen-bond donors (Lipinski definition) is 0. The number of para-hydroxylation sites is 1. The highest BCUT2D eigenvalue weighted by Gasteiger charge is 2.55. The molecule has 0 N–H and O–H groups in total.